The molecule has 0 aromatic heterocycles. The van der Waals surface area contributed by atoms with Crippen LogP contribution in [0.5, 0.6) is 0 Å². The molecular weight excluding hydrogens is 291 g/mol. The lowest BCUT2D eigenvalue weighted by Gasteiger charge is -2.16. The number of hydrogen-bond acceptors (Lipinski definition) is 1. The van der Waals surface area contributed by atoms with Crippen LogP contribution in [0, 0.1) is 6.92 Å². The van der Waals surface area contributed by atoms with Crippen LogP contribution >= 0.6 is 34.8 Å². The maximum absolute atomic E-state index is 10.4. The molecule has 4 heteroatoms. The van der Waals surface area contributed by atoms with Crippen LogP contribution < -0.4 is 0 Å². The first-order valence-electron chi connectivity index (χ1n) is 5.38. The molecule has 2 aromatic carbocycles. The summed E-state index contributed by atoms with van der Waals surface area (Å²) in [4.78, 5) is 0. The summed E-state index contributed by atoms with van der Waals surface area (Å²) >= 11 is 17.9. The molecule has 0 aliphatic heterocycles. The number of hydrogen-bond donors (Lipinski definition) is 1. The molecule has 0 radical (unpaired) electrons. The molecule has 0 amide bonds. The number of aliphatic hydroxyl groups excluding tert-OH is 1. The van der Waals surface area contributed by atoms with Crippen LogP contribution in [0.4, 0.5) is 0 Å². The summed E-state index contributed by atoms with van der Waals surface area (Å²) in [5.41, 5.74) is 2.27. The molecule has 1 nitrogen and oxygen atoms in total. The first-order valence-corrected chi connectivity index (χ1v) is 6.51. The third-order valence-corrected chi connectivity index (χ3v) is 3.59. The molecule has 1 atom stereocenters. The summed E-state index contributed by atoms with van der Waals surface area (Å²) in [5.74, 6) is 0. The van der Waals surface area contributed by atoms with Gasteiger partial charge >= 0.3 is 0 Å². The van der Waals surface area contributed by atoms with E-state index < -0.39 is 6.10 Å². The van der Waals surface area contributed by atoms with Gasteiger partial charge in [-0.05, 0) is 48.4 Å². The number of halogens is 3. The Hall–Kier alpha value is -0.730. The van der Waals surface area contributed by atoms with E-state index in [0.29, 0.717) is 20.6 Å². The Balaban J connectivity index is 2.47. The molecule has 94 valence electrons. The lowest BCUT2D eigenvalue weighted by atomic mass is 9.97. The Morgan fingerprint density at radius 1 is 0.889 bits per heavy atom. The van der Waals surface area contributed by atoms with Gasteiger partial charge < -0.3 is 5.11 Å². The van der Waals surface area contributed by atoms with Gasteiger partial charge in [-0.1, -0.05) is 40.9 Å². The molecule has 0 aliphatic carbocycles. The van der Waals surface area contributed by atoms with Crippen molar-refractivity contribution in [3.05, 3.63) is 68.2 Å². The van der Waals surface area contributed by atoms with Crippen LogP contribution in [0.2, 0.25) is 15.1 Å². The Morgan fingerprint density at radius 3 is 2.17 bits per heavy atom. The highest BCUT2D eigenvalue weighted by Crippen LogP contribution is 2.32. The fourth-order valence-corrected chi connectivity index (χ4v) is 2.47. The first kappa shape index (κ1) is 13.7. The van der Waals surface area contributed by atoms with Crippen LogP contribution in [0.15, 0.2) is 36.4 Å². The molecular formula is C14H11Cl3O. The Labute approximate surface area is 121 Å². The molecule has 2 aromatic rings. The predicted octanol–water partition coefficient (Wildman–Crippen LogP) is 5.04. The standard InChI is InChI=1S/C14H11Cl3O/c1-8-6-9(15)2-4-11(8)14(18)12-7-10(16)3-5-13(12)17/h2-7,14,18H,1H3. The summed E-state index contributed by atoms with van der Waals surface area (Å²) in [6.45, 7) is 1.89. The monoisotopic (exact) mass is 300 g/mol. The molecule has 0 bridgehead atoms. The number of aryl methyl sites for hydroxylation is 1. The van der Waals surface area contributed by atoms with Crippen molar-refractivity contribution < 1.29 is 5.11 Å². The summed E-state index contributed by atoms with van der Waals surface area (Å²) in [6, 6.07) is 10.4. The summed E-state index contributed by atoms with van der Waals surface area (Å²) < 4.78 is 0. The number of rotatable bonds is 2. The van der Waals surface area contributed by atoms with Gasteiger partial charge in [-0.25, -0.2) is 0 Å². The first-order chi connectivity index (χ1) is 8.49. The zero-order valence-electron chi connectivity index (χ0n) is 9.62. The number of aliphatic hydroxyl groups is 1. The topological polar surface area (TPSA) is 20.2 Å². The van der Waals surface area contributed by atoms with Crippen molar-refractivity contribution in [1.82, 2.24) is 0 Å². The van der Waals surface area contributed by atoms with Gasteiger partial charge in [0.25, 0.3) is 0 Å². The van der Waals surface area contributed by atoms with E-state index in [9.17, 15) is 5.11 Å². The van der Waals surface area contributed by atoms with Gasteiger partial charge in [0, 0.05) is 20.6 Å². The van der Waals surface area contributed by atoms with Crippen LogP contribution in [0.3, 0.4) is 0 Å². The van der Waals surface area contributed by atoms with Crippen molar-refractivity contribution in [2.45, 2.75) is 13.0 Å². The highest BCUT2D eigenvalue weighted by atomic mass is 35.5. The zero-order chi connectivity index (χ0) is 13.3. The lowest BCUT2D eigenvalue weighted by molar-refractivity contribution is 0.219. The van der Waals surface area contributed by atoms with Crippen molar-refractivity contribution in [2.24, 2.45) is 0 Å². The van der Waals surface area contributed by atoms with Crippen molar-refractivity contribution in [2.75, 3.05) is 0 Å². The molecule has 0 spiro atoms. The van der Waals surface area contributed by atoms with Gasteiger partial charge in [-0.3, -0.25) is 0 Å². The quantitative estimate of drug-likeness (QED) is 0.824. The molecule has 0 fully saturated rings. The second-order valence-corrected chi connectivity index (χ2v) is 5.35. The Kier molecular flexibility index (Phi) is 4.18. The van der Waals surface area contributed by atoms with Crippen molar-refractivity contribution in [1.29, 1.82) is 0 Å². The van der Waals surface area contributed by atoms with Gasteiger partial charge in [-0.2, -0.15) is 0 Å². The fourth-order valence-electron chi connectivity index (χ4n) is 1.84. The minimum absolute atomic E-state index is 0.487. The van der Waals surface area contributed by atoms with Gasteiger partial charge in [0.05, 0.1) is 0 Å². The van der Waals surface area contributed by atoms with Gasteiger partial charge in [0.1, 0.15) is 6.10 Å². The normalized spacial score (nSPS) is 12.5. The molecule has 1 N–H and O–H groups in total. The Bertz CT molecular complexity index is 581. The fraction of sp³-hybridized carbons (Fsp3) is 0.143. The highest BCUT2D eigenvalue weighted by molar-refractivity contribution is 6.33. The predicted molar refractivity (Wildman–Crippen MR) is 76.7 cm³/mol. The van der Waals surface area contributed by atoms with Crippen molar-refractivity contribution >= 4 is 34.8 Å². The van der Waals surface area contributed by atoms with E-state index in [1.165, 1.54) is 0 Å². The maximum Gasteiger partial charge on any atom is 0.106 e. The molecule has 2 rings (SSSR count). The van der Waals surface area contributed by atoms with Crippen LogP contribution in [0.25, 0.3) is 0 Å². The molecule has 1 unspecified atom stereocenters. The molecule has 0 saturated carbocycles. The van der Waals surface area contributed by atoms with Crippen molar-refractivity contribution in [3.8, 4) is 0 Å². The average molecular weight is 302 g/mol. The summed E-state index contributed by atoms with van der Waals surface area (Å²) in [5, 5.41) is 12.1. The van der Waals surface area contributed by atoms with Crippen LogP contribution in [-0.4, -0.2) is 5.11 Å². The van der Waals surface area contributed by atoms with E-state index in [0.717, 1.165) is 11.1 Å². The summed E-state index contributed by atoms with van der Waals surface area (Å²) in [7, 11) is 0. The number of benzene rings is 2. The van der Waals surface area contributed by atoms with Gasteiger partial charge in [0.15, 0.2) is 0 Å². The Morgan fingerprint density at radius 2 is 1.50 bits per heavy atom. The van der Waals surface area contributed by atoms with E-state index in [4.69, 9.17) is 34.8 Å². The second kappa shape index (κ2) is 5.50. The van der Waals surface area contributed by atoms with Gasteiger partial charge in [0.2, 0.25) is 0 Å². The molecule has 0 heterocycles. The maximum atomic E-state index is 10.4. The third kappa shape index (κ3) is 2.81. The van der Waals surface area contributed by atoms with E-state index in [1.807, 2.05) is 6.92 Å². The van der Waals surface area contributed by atoms with E-state index in [-0.39, 0.29) is 0 Å². The van der Waals surface area contributed by atoms with E-state index >= 15 is 0 Å². The lowest BCUT2D eigenvalue weighted by Crippen LogP contribution is -2.02. The smallest absolute Gasteiger partial charge is 0.106 e. The summed E-state index contributed by atoms with van der Waals surface area (Å²) in [6.07, 6.45) is -0.812. The molecule has 0 aliphatic rings. The van der Waals surface area contributed by atoms with E-state index in [2.05, 4.69) is 0 Å². The zero-order valence-corrected chi connectivity index (χ0v) is 11.9. The second-order valence-electron chi connectivity index (χ2n) is 4.07. The van der Waals surface area contributed by atoms with Crippen LogP contribution in [-0.2, 0) is 0 Å². The van der Waals surface area contributed by atoms with Crippen molar-refractivity contribution in [3.63, 3.8) is 0 Å². The van der Waals surface area contributed by atoms with Gasteiger partial charge in [-0.15, -0.1) is 0 Å². The third-order valence-electron chi connectivity index (χ3n) is 2.78. The molecule has 0 saturated heterocycles. The van der Waals surface area contributed by atoms with Crippen LogP contribution in [0.1, 0.15) is 22.8 Å². The minimum atomic E-state index is -0.812. The highest BCUT2D eigenvalue weighted by Gasteiger charge is 2.16. The largest absolute Gasteiger partial charge is 0.384 e. The van der Waals surface area contributed by atoms with E-state index in [1.54, 1.807) is 36.4 Å². The SMILES string of the molecule is Cc1cc(Cl)ccc1C(O)c1cc(Cl)ccc1Cl. The average Bonchev–Trinajstić information content (AvgIpc) is 2.31. The molecule has 18 heavy (non-hydrogen) atoms. The minimum Gasteiger partial charge on any atom is -0.384 e.